The van der Waals surface area contributed by atoms with Crippen LogP contribution in [0.15, 0.2) is 39.6 Å². The summed E-state index contributed by atoms with van der Waals surface area (Å²) in [5, 5.41) is 0. The minimum Gasteiger partial charge on any atom is -0.501 e. The number of methoxy groups -OCH3 is 1. The van der Waals surface area contributed by atoms with Gasteiger partial charge in [0.2, 0.25) is 0 Å². The van der Waals surface area contributed by atoms with E-state index in [4.69, 9.17) is 18.9 Å². The number of hydrogen-bond acceptors (Lipinski definition) is 4. The van der Waals surface area contributed by atoms with Gasteiger partial charge in [-0.2, -0.15) is 0 Å². The van der Waals surface area contributed by atoms with Crippen LogP contribution in [0.5, 0.6) is 0 Å². The second kappa shape index (κ2) is 4.44. The lowest BCUT2D eigenvalue weighted by molar-refractivity contribution is 0.252. The van der Waals surface area contributed by atoms with E-state index < -0.39 is 0 Å². The molecule has 0 saturated heterocycles. The predicted molar refractivity (Wildman–Crippen MR) is 72.1 cm³/mol. The highest BCUT2D eigenvalue weighted by molar-refractivity contribution is 5.83. The van der Waals surface area contributed by atoms with Gasteiger partial charge < -0.3 is 13.9 Å². The average Bonchev–Trinajstić information content (AvgIpc) is 3.05. The van der Waals surface area contributed by atoms with Crippen molar-refractivity contribution in [2.24, 2.45) is 10.9 Å². The van der Waals surface area contributed by atoms with Crippen molar-refractivity contribution in [1.82, 2.24) is 0 Å². The van der Waals surface area contributed by atoms with E-state index in [1.807, 2.05) is 12.1 Å². The Kier molecular flexibility index (Phi) is 2.88. The molecule has 3 rings (SSSR count). The highest BCUT2D eigenvalue weighted by Gasteiger charge is 2.40. The van der Waals surface area contributed by atoms with Crippen LogP contribution in [0.2, 0.25) is 0 Å². The van der Waals surface area contributed by atoms with Crippen LogP contribution in [-0.2, 0) is 9.47 Å². The molecular formula is C15H19NO3. The summed E-state index contributed by atoms with van der Waals surface area (Å²) in [6.45, 7) is 4.81. The fraction of sp³-hybridized carbons (Fsp3) is 0.533. The molecule has 4 nitrogen and oxygen atoms in total. The van der Waals surface area contributed by atoms with Gasteiger partial charge in [0, 0.05) is 6.42 Å². The summed E-state index contributed by atoms with van der Waals surface area (Å²) in [6, 6.07) is 3.90. The van der Waals surface area contributed by atoms with Gasteiger partial charge in [-0.1, -0.05) is 0 Å². The average molecular weight is 261 g/mol. The number of nitrogens with zero attached hydrogens (tertiary/aromatic N) is 1. The third-order valence-electron chi connectivity index (χ3n) is 3.66. The molecule has 0 radical (unpaired) electrons. The Morgan fingerprint density at radius 1 is 1.42 bits per heavy atom. The Morgan fingerprint density at radius 3 is 2.84 bits per heavy atom. The van der Waals surface area contributed by atoms with E-state index >= 15 is 0 Å². The first-order chi connectivity index (χ1) is 9.09. The lowest BCUT2D eigenvalue weighted by Gasteiger charge is -2.16. The molecule has 0 saturated carbocycles. The summed E-state index contributed by atoms with van der Waals surface area (Å²) in [6.07, 6.45) is 4.63. The van der Waals surface area contributed by atoms with Crippen LogP contribution in [0.3, 0.4) is 0 Å². The van der Waals surface area contributed by atoms with E-state index in [9.17, 15) is 0 Å². The van der Waals surface area contributed by atoms with Crippen LogP contribution in [0.1, 0.15) is 31.9 Å². The highest BCUT2D eigenvalue weighted by Crippen LogP contribution is 2.41. The zero-order chi connectivity index (χ0) is 13.5. The maximum absolute atomic E-state index is 5.79. The fourth-order valence-corrected chi connectivity index (χ4v) is 2.69. The van der Waals surface area contributed by atoms with Gasteiger partial charge in [-0.3, -0.25) is 0 Å². The van der Waals surface area contributed by atoms with Crippen molar-refractivity contribution in [2.75, 3.05) is 13.7 Å². The van der Waals surface area contributed by atoms with Crippen molar-refractivity contribution in [2.45, 2.75) is 31.7 Å². The molecule has 4 heteroatoms. The zero-order valence-electron chi connectivity index (χ0n) is 11.6. The third-order valence-corrected chi connectivity index (χ3v) is 3.66. The number of allylic oxidation sites excluding steroid dienone is 2. The molecule has 0 unspecified atom stereocenters. The minimum atomic E-state index is -0.126. The first kappa shape index (κ1) is 12.3. The number of furan rings is 1. The van der Waals surface area contributed by atoms with Crippen LogP contribution < -0.4 is 0 Å². The molecule has 0 fully saturated rings. The lowest BCUT2D eigenvalue weighted by Crippen LogP contribution is -2.18. The van der Waals surface area contributed by atoms with Gasteiger partial charge in [-0.05, 0) is 32.1 Å². The van der Waals surface area contributed by atoms with E-state index in [1.54, 1.807) is 13.4 Å². The van der Waals surface area contributed by atoms with E-state index in [2.05, 4.69) is 19.9 Å². The summed E-state index contributed by atoms with van der Waals surface area (Å²) in [5.74, 6) is 3.07. The van der Waals surface area contributed by atoms with Crippen LogP contribution in [-0.4, -0.2) is 25.2 Å². The first-order valence-electron chi connectivity index (χ1n) is 6.60. The van der Waals surface area contributed by atoms with Crippen LogP contribution in [0.4, 0.5) is 0 Å². The van der Waals surface area contributed by atoms with Crippen molar-refractivity contribution in [3.8, 4) is 0 Å². The highest BCUT2D eigenvalue weighted by atomic mass is 16.5. The van der Waals surface area contributed by atoms with Gasteiger partial charge in [0.15, 0.2) is 5.90 Å². The zero-order valence-corrected chi connectivity index (χ0v) is 11.6. The molecule has 0 bridgehead atoms. The standard InChI is InChI=1S/C15H19NO3/c1-15(2)9-19-14(16-15)12-8-10(17-3)7-11(12)13-5-4-6-18-13/h4-7,11-12H,8-9H2,1-3H3/t11-,12+/m0/s1. The van der Waals surface area contributed by atoms with Crippen molar-refractivity contribution in [3.63, 3.8) is 0 Å². The quantitative estimate of drug-likeness (QED) is 0.839. The van der Waals surface area contributed by atoms with Crippen molar-refractivity contribution >= 4 is 5.90 Å². The molecule has 2 heterocycles. The van der Waals surface area contributed by atoms with Gasteiger partial charge in [-0.25, -0.2) is 4.99 Å². The Morgan fingerprint density at radius 2 is 2.26 bits per heavy atom. The molecule has 0 N–H and O–H groups in total. The Balaban J connectivity index is 1.89. The Hall–Kier alpha value is -1.71. The van der Waals surface area contributed by atoms with Gasteiger partial charge in [0.25, 0.3) is 0 Å². The maximum atomic E-state index is 5.79. The van der Waals surface area contributed by atoms with Crippen LogP contribution in [0.25, 0.3) is 0 Å². The summed E-state index contributed by atoms with van der Waals surface area (Å²) in [7, 11) is 1.70. The molecule has 1 aliphatic carbocycles. The molecule has 0 amide bonds. The number of ether oxygens (including phenoxy) is 2. The summed E-state index contributed by atoms with van der Waals surface area (Å²) in [4.78, 5) is 4.70. The summed E-state index contributed by atoms with van der Waals surface area (Å²) >= 11 is 0. The van der Waals surface area contributed by atoms with E-state index in [0.29, 0.717) is 6.61 Å². The SMILES string of the molecule is COC1=C[C@H](c2ccco2)[C@H](C2=NC(C)(C)CO2)C1. The molecule has 102 valence electrons. The topological polar surface area (TPSA) is 44.0 Å². The van der Waals surface area contributed by atoms with E-state index in [0.717, 1.165) is 23.8 Å². The normalized spacial score (nSPS) is 28.8. The van der Waals surface area contributed by atoms with Crippen molar-refractivity contribution in [3.05, 3.63) is 36.0 Å². The first-order valence-corrected chi connectivity index (χ1v) is 6.60. The van der Waals surface area contributed by atoms with E-state index in [-0.39, 0.29) is 17.4 Å². The van der Waals surface area contributed by atoms with Gasteiger partial charge >= 0.3 is 0 Å². The molecule has 1 aliphatic heterocycles. The second-order valence-electron chi connectivity index (χ2n) is 5.74. The molecule has 0 spiro atoms. The number of aliphatic imine (C=N–C) groups is 1. The van der Waals surface area contributed by atoms with Gasteiger partial charge in [-0.15, -0.1) is 0 Å². The molecule has 1 aromatic heterocycles. The fourth-order valence-electron chi connectivity index (χ4n) is 2.69. The minimum absolute atomic E-state index is 0.126. The maximum Gasteiger partial charge on any atom is 0.188 e. The van der Waals surface area contributed by atoms with Gasteiger partial charge in [0.05, 0.1) is 36.5 Å². The molecule has 19 heavy (non-hydrogen) atoms. The number of rotatable bonds is 3. The van der Waals surface area contributed by atoms with Crippen LogP contribution in [0, 0.1) is 5.92 Å². The van der Waals surface area contributed by atoms with E-state index in [1.165, 1.54) is 0 Å². The Labute approximate surface area is 113 Å². The lowest BCUT2D eigenvalue weighted by atomic mass is 9.93. The molecule has 2 atom stereocenters. The molecular weight excluding hydrogens is 242 g/mol. The molecule has 1 aromatic rings. The van der Waals surface area contributed by atoms with Crippen molar-refractivity contribution < 1.29 is 13.9 Å². The second-order valence-corrected chi connectivity index (χ2v) is 5.74. The predicted octanol–water partition coefficient (Wildman–Crippen LogP) is 3.12. The van der Waals surface area contributed by atoms with Gasteiger partial charge in [0.1, 0.15) is 12.4 Å². The monoisotopic (exact) mass is 261 g/mol. The Bertz CT molecular complexity index is 514. The van der Waals surface area contributed by atoms with Crippen LogP contribution >= 0.6 is 0 Å². The number of hydrogen-bond donors (Lipinski definition) is 0. The largest absolute Gasteiger partial charge is 0.501 e. The molecule has 0 aromatic carbocycles. The summed E-state index contributed by atoms with van der Waals surface area (Å²) < 4.78 is 16.7. The van der Waals surface area contributed by atoms with Crippen molar-refractivity contribution in [1.29, 1.82) is 0 Å². The summed E-state index contributed by atoms with van der Waals surface area (Å²) in [5.41, 5.74) is -0.126. The molecule has 2 aliphatic rings. The third kappa shape index (κ3) is 2.27. The smallest absolute Gasteiger partial charge is 0.188 e.